The summed E-state index contributed by atoms with van der Waals surface area (Å²) in [6.45, 7) is 1.54. The molecule has 1 aromatic rings. The molecule has 0 amide bonds. The Labute approximate surface area is 98.0 Å². The van der Waals surface area contributed by atoms with Crippen LogP contribution in [-0.2, 0) is 4.74 Å². The van der Waals surface area contributed by atoms with E-state index >= 15 is 0 Å². The molecule has 2 rings (SSSR count). The number of hydrogen-bond donors (Lipinski definition) is 1. The van der Waals surface area contributed by atoms with Gasteiger partial charge >= 0.3 is 0 Å². The number of nitrogens with zero attached hydrogens (tertiary/aromatic N) is 2. The molecule has 0 aliphatic carbocycles. The van der Waals surface area contributed by atoms with E-state index in [9.17, 15) is 0 Å². The smallest absolute Gasteiger partial charge is 0.224 e. The summed E-state index contributed by atoms with van der Waals surface area (Å²) in [5, 5.41) is 3.76. The molecule has 0 bridgehead atoms. The molecule has 0 unspecified atom stereocenters. The van der Waals surface area contributed by atoms with Gasteiger partial charge < -0.3 is 10.1 Å². The van der Waals surface area contributed by atoms with E-state index < -0.39 is 0 Å². The minimum absolute atomic E-state index is 0.189. The first kappa shape index (κ1) is 10.9. The van der Waals surface area contributed by atoms with Crippen molar-refractivity contribution in [3.05, 3.63) is 16.5 Å². The fourth-order valence-electron chi connectivity index (χ4n) is 1.49. The number of halogens is 2. The number of hydrogen-bond acceptors (Lipinski definition) is 4. The van der Waals surface area contributed by atoms with E-state index in [0.29, 0.717) is 17.4 Å². The molecule has 82 valence electrons. The molecule has 1 aliphatic rings. The van der Waals surface area contributed by atoms with Crippen molar-refractivity contribution in [1.82, 2.24) is 9.97 Å². The number of nitrogens with one attached hydrogen (secondary N) is 1. The van der Waals surface area contributed by atoms with Gasteiger partial charge in [-0.3, -0.25) is 0 Å². The Morgan fingerprint density at radius 3 is 3.13 bits per heavy atom. The van der Waals surface area contributed by atoms with E-state index in [1.807, 2.05) is 0 Å². The highest BCUT2D eigenvalue weighted by Crippen LogP contribution is 2.20. The summed E-state index contributed by atoms with van der Waals surface area (Å²) in [7, 11) is 0. The second-order valence-corrected chi connectivity index (χ2v) is 4.10. The number of aromatic nitrogens is 2. The highest BCUT2D eigenvalue weighted by atomic mass is 35.5. The van der Waals surface area contributed by atoms with Gasteiger partial charge in [-0.2, -0.15) is 4.98 Å². The van der Waals surface area contributed by atoms with Crippen LogP contribution < -0.4 is 5.32 Å². The van der Waals surface area contributed by atoms with Crippen LogP contribution in [0.25, 0.3) is 0 Å². The fraction of sp³-hybridized carbons (Fsp3) is 0.556. The summed E-state index contributed by atoms with van der Waals surface area (Å²) >= 11 is 11.6. The van der Waals surface area contributed by atoms with Crippen LogP contribution in [0, 0.1) is 0 Å². The van der Waals surface area contributed by atoms with Crippen molar-refractivity contribution in [2.75, 3.05) is 18.5 Å². The van der Waals surface area contributed by atoms with Gasteiger partial charge in [-0.05, 0) is 24.4 Å². The summed E-state index contributed by atoms with van der Waals surface area (Å²) in [5.41, 5.74) is 0. The summed E-state index contributed by atoms with van der Waals surface area (Å²) in [6.07, 6.45) is 3.91. The lowest BCUT2D eigenvalue weighted by molar-refractivity contribution is 0.120. The molecule has 15 heavy (non-hydrogen) atoms. The Bertz CT molecular complexity index is 342. The normalized spacial score (nSPS) is 20.5. The van der Waals surface area contributed by atoms with Crippen LogP contribution in [0.15, 0.2) is 6.20 Å². The molecule has 4 nitrogen and oxygen atoms in total. The van der Waals surface area contributed by atoms with E-state index in [1.165, 1.54) is 6.20 Å². The molecule has 1 atom stereocenters. The highest BCUT2D eigenvalue weighted by molar-refractivity contribution is 6.33. The van der Waals surface area contributed by atoms with E-state index in [0.717, 1.165) is 19.4 Å². The lowest BCUT2D eigenvalue weighted by Crippen LogP contribution is -2.19. The zero-order chi connectivity index (χ0) is 10.7. The van der Waals surface area contributed by atoms with Crippen molar-refractivity contribution in [1.29, 1.82) is 0 Å². The van der Waals surface area contributed by atoms with Crippen LogP contribution >= 0.6 is 23.2 Å². The highest BCUT2D eigenvalue weighted by Gasteiger charge is 2.15. The van der Waals surface area contributed by atoms with Crippen molar-refractivity contribution in [3.8, 4) is 0 Å². The molecule has 1 saturated heterocycles. The third kappa shape index (κ3) is 2.93. The van der Waals surface area contributed by atoms with Gasteiger partial charge in [-0.25, -0.2) is 4.98 Å². The average molecular weight is 248 g/mol. The summed E-state index contributed by atoms with van der Waals surface area (Å²) in [6, 6.07) is 0. The molecule has 0 radical (unpaired) electrons. The third-order valence-corrected chi connectivity index (χ3v) is 2.69. The molecule has 0 aromatic carbocycles. The van der Waals surface area contributed by atoms with Gasteiger partial charge in [-0.1, -0.05) is 11.6 Å². The number of anilines is 1. The van der Waals surface area contributed by atoms with Crippen LogP contribution in [0.1, 0.15) is 12.8 Å². The van der Waals surface area contributed by atoms with Crippen LogP contribution in [0.4, 0.5) is 5.82 Å². The Hall–Kier alpha value is -0.580. The first-order valence-electron chi connectivity index (χ1n) is 4.79. The van der Waals surface area contributed by atoms with E-state index in [2.05, 4.69) is 15.3 Å². The monoisotopic (exact) mass is 247 g/mol. The zero-order valence-electron chi connectivity index (χ0n) is 8.04. The first-order valence-corrected chi connectivity index (χ1v) is 5.55. The van der Waals surface area contributed by atoms with Crippen LogP contribution in [0.3, 0.4) is 0 Å². The Kier molecular flexibility index (Phi) is 3.61. The van der Waals surface area contributed by atoms with E-state index in [1.54, 1.807) is 0 Å². The predicted molar refractivity (Wildman–Crippen MR) is 59.5 cm³/mol. The molecule has 1 aliphatic heterocycles. The third-order valence-electron chi connectivity index (χ3n) is 2.24. The van der Waals surface area contributed by atoms with Crippen LogP contribution in [0.2, 0.25) is 10.3 Å². The maximum atomic E-state index is 5.89. The van der Waals surface area contributed by atoms with Gasteiger partial charge in [0.15, 0.2) is 0 Å². The van der Waals surface area contributed by atoms with Gasteiger partial charge in [0.05, 0.1) is 12.3 Å². The van der Waals surface area contributed by atoms with Crippen LogP contribution in [0.5, 0.6) is 0 Å². The molecular formula is C9H11Cl2N3O. The second-order valence-electron chi connectivity index (χ2n) is 3.35. The standard InChI is InChI=1S/C9H11Cl2N3O/c10-7-5-13-9(11)14-8(7)12-4-6-2-1-3-15-6/h5-6H,1-4H2,(H,12,13,14)/t6-/m0/s1. The SMILES string of the molecule is Clc1ncc(Cl)c(NC[C@@H]2CCCO2)n1. The lowest BCUT2D eigenvalue weighted by atomic mass is 10.2. The fourth-order valence-corrected chi connectivity index (χ4v) is 1.78. The molecule has 1 N–H and O–H groups in total. The first-order chi connectivity index (χ1) is 7.25. The van der Waals surface area contributed by atoms with Crippen molar-refractivity contribution >= 4 is 29.0 Å². The zero-order valence-corrected chi connectivity index (χ0v) is 9.55. The second kappa shape index (κ2) is 4.96. The summed E-state index contributed by atoms with van der Waals surface area (Å²) < 4.78 is 5.46. The lowest BCUT2D eigenvalue weighted by Gasteiger charge is -2.11. The maximum Gasteiger partial charge on any atom is 0.224 e. The molecule has 0 spiro atoms. The topological polar surface area (TPSA) is 47.0 Å². The maximum absolute atomic E-state index is 5.89. The minimum Gasteiger partial charge on any atom is -0.376 e. The van der Waals surface area contributed by atoms with Crippen molar-refractivity contribution < 1.29 is 4.74 Å². The molecule has 6 heteroatoms. The van der Waals surface area contributed by atoms with Gasteiger partial charge in [0.25, 0.3) is 0 Å². The van der Waals surface area contributed by atoms with E-state index in [4.69, 9.17) is 27.9 Å². The van der Waals surface area contributed by atoms with E-state index in [-0.39, 0.29) is 11.4 Å². The largest absolute Gasteiger partial charge is 0.376 e. The number of rotatable bonds is 3. The quantitative estimate of drug-likeness (QED) is 0.834. The molecular weight excluding hydrogens is 237 g/mol. The van der Waals surface area contributed by atoms with Crippen molar-refractivity contribution in [3.63, 3.8) is 0 Å². The van der Waals surface area contributed by atoms with Crippen LogP contribution in [-0.4, -0.2) is 29.2 Å². The van der Waals surface area contributed by atoms with Gasteiger partial charge in [-0.15, -0.1) is 0 Å². The Balaban J connectivity index is 1.94. The van der Waals surface area contributed by atoms with Crippen molar-refractivity contribution in [2.45, 2.75) is 18.9 Å². The summed E-state index contributed by atoms with van der Waals surface area (Å²) in [4.78, 5) is 7.76. The minimum atomic E-state index is 0.189. The molecule has 0 saturated carbocycles. The van der Waals surface area contributed by atoms with Gasteiger partial charge in [0.2, 0.25) is 5.28 Å². The van der Waals surface area contributed by atoms with Gasteiger partial charge in [0, 0.05) is 13.2 Å². The molecule has 1 fully saturated rings. The summed E-state index contributed by atoms with van der Waals surface area (Å²) in [5.74, 6) is 0.562. The Morgan fingerprint density at radius 2 is 2.40 bits per heavy atom. The van der Waals surface area contributed by atoms with Crippen molar-refractivity contribution in [2.24, 2.45) is 0 Å². The molecule has 2 heterocycles. The Morgan fingerprint density at radius 1 is 1.53 bits per heavy atom. The molecule has 1 aromatic heterocycles. The van der Waals surface area contributed by atoms with Gasteiger partial charge in [0.1, 0.15) is 10.8 Å². The average Bonchev–Trinajstić information content (AvgIpc) is 2.72. The predicted octanol–water partition coefficient (Wildman–Crippen LogP) is 2.37. The number of ether oxygens (including phenoxy) is 1.